The molecule has 0 radical (unpaired) electrons. The summed E-state index contributed by atoms with van der Waals surface area (Å²) in [4.78, 5) is 10.8. The van der Waals surface area contributed by atoms with E-state index in [9.17, 15) is 23.1 Å². The van der Waals surface area contributed by atoms with Crippen molar-refractivity contribution in [3.63, 3.8) is 0 Å². The molecular weight excluding hydrogens is 285 g/mol. The number of amides is 1. The third-order valence-electron chi connectivity index (χ3n) is 2.90. The number of carbonyl (C=O) groups is 1. The number of nitrogens with one attached hydrogen (secondary N) is 2. The minimum absolute atomic E-state index is 0.102. The zero-order valence-corrected chi connectivity index (χ0v) is 11.7. The second kappa shape index (κ2) is 7.99. The summed E-state index contributed by atoms with van der Waals surface area (Å²) in [6.45, 7) is 2.94. The predicted octanol–water partition coefficient (Wildman–Crippen LogP) is 2.44. The summed E-state index contributed by atoms with van der Waals surface area (Å²) in [6.07, 6.45) is -3.96. The van der Waals surface area contributed by atoms with Gasteiger partial charge >= 0.3 is 12.1 Å². The van der Waals surface area contributed by atoms with Crippen LogP contribution >= 0.6 is 0 Å². The molecular formula is C14H19F3N2O2. The fourth-order valence-corrected chi connectivity index (χ4v) is 1.67. The molecule has 7 heteroatoms. The van der Waals surface area contributed by atoms with Gasteiger partial charge in [-0.05, 0) is 37.1 Å². The number of hydrogen-bond donors (Lipinski definition) is 3. The van der Waals surface area contributed by atoms with E-state index in [2.05, 4.69) is 5.32 Å². The van der Waals surface area contributed by atoms with Crippen molar-refractivity contribution >= 4 is 11.6 Å². The highest BCUT2D eigenvalue weighted by Crippen LogP contribution is 2.18. The van der Waals surface area contributed by atoms with Crippen molar-refractivity contribution in [2.75, 3.05) is 11.9 Å². The summed E-state index contributed by atoms with van der Waals surface area (Å²) in [7, 11) is 0. The topological polar surface area (TPSA) is 61.4 Å². The SMILES string of the molecule is CCC(O)CCNCc1cccc(NC(=O)C(F)(F)F)c1. The molecule has 118 valence electrons. The van der Waals surface area contributed by atoms with Crippen LogP contribution in [0, 0.1) is 0 Å². The number of aliphatic hydroxyl groups is 1. The zero-order chi connectivity index (χ0) is 15.9. The molecule has 0 aliphatic heterocycles. The second-order valence-electron chi connectivity index (χ2n) is 4.68. The quantitative estimate of drug-likeness (QED) is 0.678. The van der Waals surface area contributed by atoms with Crippen LogP contribution in [0.2, 0.25) is 0 Å². The molecule has 1 aromatic rings. The Hall–Kier alpha value is -1.60. The summed E-state index contributed by atoms with van der Waals surface area (Å²) in [5.74, 6) is -1.99. The van der Waals surface area contributed by atoms with Gasteiger partial charge in [0.15, 0.2) is 0 Å². The molecule has 1 amide bonds. The lowest BCUT2D eigenvalue weighted by atomic mass is 10.2. The largest absolute Gasteiger partial charge is 0.471 e. The first-order chi connectivity index (χ1) is 9.82. The van der Waals surface area contributed by atoms with E-state index < -0.39 is 12.1 Å². The molecule has 0 saturated carbocycles. The minimum Gasteiger partial charge on any atom is -0.393 e. The van der Waals surface area contributed by atoms with E-state index in [1.54, 1.807) is 12.1 Å². The lowest BCUT2D eigenvalue weighted by Gasteiger charge is -2.11. The van der Waals surface area contributed by atoms with E-state index in [4.69, 9.17) is 0 Å². The Morgan fingerprint density at radius 1 is 1.38 bits per heavy atom. The average Bonchev–Trinajstić information content (AvgIpc) is 2.42. The maximum atomic E-state index is 12.1. The van der Waals surface area contributed by atoms with Gasteiger partial charge in [-0.15, -0.1) is 0 Å². The van der Waals surface area contributed by atoms with Crippen LogP contribution in [0.15, 0.2) is 24.3 Å². The van der Waals surface area contributed by atoms with Crippen LogP contribution in [0.3, 0.4) is 0 Å². The highest BCUT2D eigenvalue weighted by molar-refractivity contribution is 5.94. The van der Waals surface area contributed by atoms with Crippen molar-refractivity contribution in [1.29, 1.82) is 0 Å². The predicted molar refractivity (Wildman–Crippen MR) is 73.7 cm³/mol. The first-order valence-electron chi connectivity index (χ1n) is 6.68. The molecule has 0 aliphatic rings. The molecule has 1 rings (SSSR count). The van der Waals surface area contributed by atoms with Crippen molar-refractivity contribution < 1.29 is 23.1 Å². The van der Waals surface area contributed by atoms with E-state index in [1.807, 2.05) is 12.2 Å². The van der Waals surface area contributed by atoms with E-state index >= 15 is 0 Å². The molecule has 0 aromatic heterocycles. The Morgan fingerprint density at radius 3 is 2.71 bits per heavy atom. The fraction of sp³-hybridized carbons (Fsp3) is 0.500. The highest BCUT2D eigenvalue weighted by Gasteiger charge is 2.38. The van der Waals surface area contributed by atoms with Gasteiger partial charge in [0.2, 0.25) is 0 Å². The van der Waals surface area contributed by atoms with E-state index in [0.717, 1.165) is 5.56 Å². The molecule has 0 saturated heterocycles. The van der Waals surface area contributed by atoms with E-state index in [-0.39, 0.29) is 11.8 Å². The van der Waals surface area contributed by atoms with Crippen LogP contribution < -0.4 is 10.6 Å². The number of benzene rings is 1. The van der Waals surface area contributed by atoms with Gasteiger partial charge in [0.25, 0.3) is 0 Å². The number of rotatable bonds is 7. The third-order valence-corrected chi connectivity index (χ3v) is 2.90. The van der Waals surface area contributed by atoms with Crippen LogP contribution in [0.1, 0.15) is 25.3 Å². The van der Waals surface area contributed by atoms with Crippen molar-refractivity contribution in [1.82, 2.24) is 5.32 Å². The summed E-state index contributed by atoms with van der Waals surface area (Å²) in [6, 6.07) is 6.19. The molecule has 1 atom stereocenters. The molecule has 1 unspecified atom stereocenters. The molecule has 4 nitrogen and oxygen atoms in total. The van der Waals surface area contributed by atoms with Crippen molar-refractivity contribution in [2.24, 2.45) is 0 Å². The summed E-state index contributed by atoms with van der Waals surface area (Å²) in [5.41, 5.74) is 0.853. The number of hydrogen-bond acceptors (Lipinski definition) is 3. The molecule has 0 spiro atoms. The monoisotopic (exact) mass is 304 g/mol. The smallest absolute Gasteiger partial charge is 0.393 e. The number of alkyl halides is 3. The number of anilines is 1. The molecule has 0 fully saturated rings. The fourth-order valence-electron chi connectivity index (χ4n) is 1.67. The lowest BCUT2D eigenvalue weighted by molar-refractivity contribution is -0.167. The highest BCUT2D eigenvalue weighted by atomic mass is 19.4. The molecule has 3 N–H and O–H groups in total. The summed E-state index contributed by atoms with van der Waals surface area (Å²) < 4.78 is 36.4. The van der Waals surface area contributed by atoms with Crippen molar-refractivity contribution in [3.05, 3.63) is 29.8 Å². The Labute approximate surface area is 121 Å². The van der Waals surface area contributed by atoms with Crippen LogP contribution in [0.5, 0.6) is 0 Å². The van der Waals surface area contributed by atoms with Gasteiger partial charge in [-0.3, -0.25) is 4.79 Å². The molecule has 0 aliphatic carbocycles. The molecule has 0 heterocycles. The number of aliphatic hydroxyl groups excluding tert-OH is 1. The van der Waals surface area contributed by atoms with Gasteiger partial charge in [0, 0.05) is 12.2 Å². The van der Waals surface area contributed by atoms with Gasteiger partial charge in [0.05, 0.1) is 6.10 Å². The first-order valence-corrected chi connectivity index (χ1v) is 6.68. The molecule has 0 bridgehead atoms. The van der Waals surface area contributed by atoms with Crippen LogP contribution in [-0.4, -0.2) is 29.8 Å². The normalized spacial score (nSPS) is 13.0. The Kier molecular flexibility index (Phi) is 6.64. The van der Waals surface area contributed by atoms with Gasteiger partial charge in [-0.2, -0.15) is 13.2 Å². The Balaban J connectivity index is 2.47. The Morgan fingerprint density at radius 2 is 2.10 bits per heavy atom. The van der Waals surface area contributed by atoms with Gasteiger partial charge in [-0.1, -0.05) is 19.1 Å². The van der Waals surface area contributed by atoms with Crippen molar-refractivity contribution in [3.8, 4) is 0 Å². The standard InChI is InChI=1S/C14H19F3N2O2/c1-2-12(20)6-7-18-9-10-4-3-5-11(8-10)19-13(21)14(15,16)17/h3-5,8,12,18,20H,2,6-7,9H2,1H3,(H,19,21). The minimum atomic E-state index is -4.90. The molecule has 21 heavy (non-hydrogen) atoms. The molecule has 1 aromatic carbocycles. The average molecular weight is 304 g/mol. The van der Waals surface area contributed by atoms with Gasteiger partial charge in [0.1, 0.15) is 0 Å². The number of carbonyl (C=O) groups excluding carboxylic acids is 1. The first kappa shape index (κ1) is 17.5. The van der Waals surface area contributed by atoms with Gasteiger partial charge in [-0.25, -0.2) is 0 Å². The third kappa shape index (κ3) is 6.59. The maximum absolute atomic E-state index is 12.1. The summed E-state index contributed by atoms with van der Waals surface area (Å²) >= 11 is 0. The number of halogens is 3. The van der Waals surface area contributed by atoms with Crippen LogP contribution in [0.25, 0.3) is 0 Å². The zero-order valence-electron chi connectivity index (χ0n) is 11.7. The maximum Gasteiger partial charge on any atom is 0.471 e. The van der Waals surface area contributed by atoms with Gasteiger partial charge < -0.3 is 15.7 Å². The van der Waals surface area contributed by atoms with Crippen LogP contribution in [0.4, 0.5) is 18.9 Å². The van der Waals surface area contributed by atoms with E-state index in [0.29, 0.717) is 25.9 Å². The lowest BCUT2D eigenvalue weighted by Crippen LogP contribution is -2.30. The van der Waals surface area contributed by atoms with Crippen molar-refractivity contribution in [2.45, 2.75) is 38.6 Å². The van der Waals surface area contributed by atoms with Crippen LogP contribution in [-0.2, 0) is 11.3 Å². The summed E-state index contributed by atoms with van der Waals surface area (Å²) in [5, 5.41) is 14.3. The van der Waals surface area contributed by atoms with E-state index in [1.165, 1.54) is 12.1 Å². The Bertz CT molecular complexity index is 464. The second-order valence-corrected chi connectivity index (χ2v) is 4.68.